The maximum absolute atomic E-state index is 12.6. The smallest absolute Gasteiger partial charge is 0.166 e. The second-order valence-electron chi connectivity index (χ2n) is 5.09. The Labute approximate surface area is 125 Å². The minimum atomic E-state index is -4.31. The average molecular weight is 321 g/mol. The van der Waals surface area contributed by atoms with Gasteiger partial charge in [0.1, 0.15) is 0 Å². The Morgan fingerprint density at radius 2 is 2.05 bits per heavy atom. The van der Waals surface area contributed by atoms with E-state index >= 15 is 0 Å². The number of benzene rings is 1. The van der Waals surface area contributed by atoms with E-state index < -0.39 is 20.5 Å². The highest BCUT2D eigenvalue weighted by Gasteiger charge is 2.30. The van der Waals surface area contributed by atoms with Crippen molar-refractivity contribution in [3.63, 3.8) is 0 Å². The molecule has 1 aromatic rings. The zero-order valence-corrected chi connectivity index (χ0v) is 13.5. The van der Waals surface area contributed by atoms with E-state index in [0.29, 0.717) is 12.0 Å². The minimum absolute atomic E-state index is 0.349. The fourth-order valence-electron chi connectivity index (χ4n) is 1.98. The van der Waals surface area contributed by atoms with Gasteiger partial charge in [-0.15, -0.1) is 23.9 Å². The summed E-state index contributed by atoms with van der Waals surface area (Å²) < 4.78 is 37.9. The van der Waals surface area contributed by atoms with E-state index in [0.717, 1.165) is 25.0 Å². The van der Waals surface area contributed by atoms with Crippen LogP contribution in [-0.4, -0.2) is 8.80 Å². The fraction of sp³-hybridized carbons (Fsp3) is 0.467. The molecule has 112 valence electrons. The van der Waals surface area contributed by atoms with Gasteiger partial charge in [-0.3, -0.25) is 0 Å². The van der Waals surface area contributed by atoms with Crippen LogP contribution in [0, 0.1) is 0 Å². The molecule has 1 aromatic carbocycles. The summed E-state index contributed by atoms with van der Waals surface area (Å²) in [7, 11) is -0.777. The van der Waals surface area contributed by atoms with Crippen LogP contribution in [0.3, 0.4) is 0 Å². The molecule has 0 aliphatic heterocycles. The molecule has 0 aliphatic carbocycles. The molecule has 0 spiro atoms. The van der Waals surface area contributed by atoms with Gasteiger partial charge in [0, 0.05) is 0 Å². The first kappa shape index (κ1) is 17.3. The van der Waals surface area contributed by atoms with Crippen molar-refractivity contribution in [1.29, 1.82) is 0 Å². The molecule has 5 heteroatoms. The maximum atomic E-state index is 12.6. The van der Waals surface area contributed by atoms with Gasteiger partial charge in [-0.2, -0.15) is 13.2 Å². The van der Waals surface area contributed by atoms with Crippen molar-refractivity contribution >= 4 is 20.4 Å². The van der Waals surface area contributed by atoms with E-state index in [4.69, 9.17) is 11.6 Å². The Morgan fingerprint density at radius 3 is 2.65 bits per heavy atom. The number of alkyl halides is 4. The average Bonchev–Trinajstić information content (AvgIpc) is 2.42. The van der Waals surface area contributed by atoms with Crippen LogP contribution in [-0.2, 0) is 6.18 Å². The molecule has 0 aliphatic rings. The monoisotopic (exact) mass is 320 g/mol. The molecule has 0 nitrogen and oxygen atoms in total. The lowest BCUT2D eigenvalue weighted by Gasteiger charge is -2.13. The first-order valence-electron chi connectivity index (χ1n) is 6.78. The Bertz CT molecular complexity index is 431. The van der Waals surface area contributed by atoms with Crippen molar-refractivity contribution in [1.82, 2.24) is 0 Å². The highest BCUT2D eigenvalue weighted by atomic mass is 35.5. The van der Waals surface area contributed by atoms with Gasteiger partial charge in [0.15, 0.2) is 0 Å². The van der Waals surface area contributed by atoms with E-state index in [9.17, 15) is 13.2 Å². The molecule has 0 fully saturated rings. The van der Waals surface area contributed by atoms with Gasteiger partial charge in [0.05, 0.1) is 19.7 Å². The van der Waals surface area contributed by atoms with Crippen LogP contribution in [0.2, 0.25) is 12.6 Å². The largest absolute Gasteiger partial charge is 0.416 e. The van der Waals surface area contributed by atoms with E-state index in [-0.39, 0.29) is 5.38 Å². The van der Waals surface area contributed by atoms with Gasteiger partial charge in [0.25, 0.3) is 0 Å². The van der Waals surface area contributed by atoms with Crippen LogP contribution in [0.15, 0.2) is 36.5 Å². The van der Waals surface area contributed by atoms with Gasteiger partial charge < -0.3 is 0 Å². The lowest BCUT2D eigenvalue weighted by atomic mass is 10.0. The first-order chi connectivity index (χ1) is 9.34. The fourth-order valence-corrected chi connectivity index (χ4v) is 3.44. The number of unbranched alkanes of at least 4 members (excludes halogenated alkanes) is 1. The van der Waals surface area contributed by atoms with E-state index in [1.165, 1.54) is 12.1 Å². The van der Waals surface area contributed by atoms with Crippen LogP contribution in [0.5, 0.6) is 0 Å². The van der Waals surface area contributed by atoms with Gasteiger partial charge in [0.2, 0.25) is 0 Å². The van der Waals surface area contributed by atoms with Crippen molar-refractivity contribution in [2.45, 2.75) is 43.4 Å². The summed E-state index contributed by atoms with van der Waals surface area (Å²) in [5.41, 5.74) is 1.97. The van der Waals surface area contributed by atoms with Crippen molar-refractivity contribution < 1.29 is 13.2 Å². The third-order valence-electron chi connectivity index (χ3n) is 3.35. The van der Waals surface area contributed by atoms with Gasteiger partial charge >= 0.3 is 6.18 Å². The Hall–Kier alpha value is -0.743. The summed E-state index contributed by atoms with van der Waals surface area (Å²) in [5, 5.41) is -0.349. The molecule has 2 unspecified atom stereocenters. The summed E-state index contributed by atoms with van der Waals surface area (Å²) in [5.74, 6) is 0. The molecule has 0 radical (unpaired) electrons. The maximum Gasteiger partial charge on any atom is 0.416 e. The normalized spacial score (nSPS) is 14.8. The predicted molar refractivity (Wildman–Crippen MR) is 81.9 cm³/mol. The molecule has 0 amide bonds. The van der Waals surface area contributed by atoms with Crippen molar-refractivity contribution in [2.75, 3.05) is 0 Å². The Balaban J connectivity index is 2.51. The third kappa shape index (κ3) is 5.71. The van der Waals surface area contributed by atoms with E-state index in [1.807, 2.05) is 5.70 Å². The lowest BCUT2D eigenvalue weighted by molar-refractivity contribution is -0.137. The van der Waals surface area contributed by atoms with Crippen LogP contribution < -0.4 is 0 Å². The molecule has 0 aromatic heterocycles. The Kier molecular flexibility index (Phi) is 6.82. The second kappa shape index (κ2) is 7.89. The molecular formula is C15H20ClF3Si. The lowest BCUT2D eigenvalue weighted by Crippen LogP contribution is -2.06. The van der Waals surface area contributed by atoms with Crippen molar-refractivity contribution in [2.24, 2.45) is 0 Å². The zero-order chi connectivity index (χ0) is 15.2. The van der Waals surface area contributed by atoms with Crippen LogP contribution in [0.25, 0.3) is 0 Å². The number of rotatable bonds is 7. The highest BCUT2D eigenvalue weighted by Crippen LogP contribution is 2.33. The molecule has 2 atom stereocenters. The first-order valence-corrected chi connectivity index (χ1v) is 9.85. The number of hydrogen-bond acceptors (Lipinski definition) is 0. The van der Waals surface area contributed by atoms with E-state index in [2.05, 4.69) is 13.1 Å². The van der Waals surface area contributed by atoms with Gasteiger partial charge in [-0.05, 0) is 18.1 Å². The zero-order valence-electron chi connectivity index (χ0n) is 11.6. The summed E-state index contributed by atoms with van der Waals surface area (Å²) >= 11 is 6.20. The summed E-state index contributed by atoms with van der Waals surface area (Å²) in [6, 6.07) is 6.48. The number of hydrogen-bond donors (Lipinski definition) is 0. The second-order valence-corrected chi connectivity index (χ2v) is 8.62. The molecule has 0 bridgehead atoms. The third-order valence-corrected chi connectivity index (χ3v) is 5.94. The summed E-state index contributed by atoms with van der Waals surface area (Å²) in [6.07, 6.45) is -1.59. The summed E-state index contributed by atoms with van der Waals surface area (Å²) in [4.78, 5) is 0. The molecule has 0 saturated carbocycles. The molecule has 0 saturated heterocycles. The van der Waals surface area contributed by atoms with Crippen LogP contribution in [0.1, 0.15) is 35.8 Å². The van der Waals surface area contributed by atoms with Gasteiger partial charge in [-0.1, -0.05) is 43.6 Å². The molecule has 1 rings (SSSR count). The summed E-state index contributed by atoms with van der Waals surface area (Å²) in [6.45, 7) is 6.02. The van der Waals surface area contributed by atoms with Crippen molar-refractivity contribution in [3.05, 3.63) is 47.7 Å². The van der Waals surface area contributed by atoms with E-state index in [1.54, 1.807) is 6.07 Å². The van der Waals surface area contributed by atoms with Gasteiger partial charge in [-0.25, -0.2) is 0 Å². The molecular weight excluding hydrogens is 301 g/mol. The number of halogens is 4. The highest BCUT2D eigenvalue weighted by molar-refractivity contribution is 6.62. The Morgan fingerprint density at radius 1 is 1.35 bits per heavy atom. The van der Waals surface area contributed by atoms with Crippen LogP contribution >= 0.6 is 11.6 Å². The quantitative estimate of drug-likeness (QED) is 0.341. The topological polar surface area (TPSA) is 0 Å². The predicted octanol–water partition coefficient (Wildman–Crippen LogP) is 5.74. The van der Waals surface area contributed by atoms with Crippen LogP contribution in [0.4, 0.5) is 13.2 Å². The SMILES string of the molecule is C=C[SiH](C)CCCCC(Cl)c1cccc(C(F)(F)F)c1. The molecule has 0 heterocycles. The molecule has 0 N–H and O–H groups in total. The minimum Gasteiger partial charge on any atom is -0.166 e. The van der Waals surface area contributed by atoms with Crippen molar-refractivity contribution in [3.8, 4) is 0 Å². The molecule has 20 heavy (non-hydrogen) atoms. The standard InChI is InChI=1S/C15H20ClF3Si/c1-3-20(2)10-5-4-9-14(16)12-7-6-8-13(11-12)15(17,18)19/h3,6-8,11,14,20H,1,4-5,9-10H2,2H3.